The Morgan fingerprint density at radius 3 is 1.33 bits per heavy atom. The van der Waals surface area contributed by atoms with Gasteiger partial charge >= 0.3 is 45.0 Å². The van der Waals surface area contributed by atoms with Crippen molar-refractivity contribution in [1.82, 2.24) is 0 Å². The van der Waals surface area contributed by atoms with Gasteiger partial charge in [0.25, 0.3) is 0 Å². The molecule has 32 valence electrons. The predicted octanol–water partition coefficient (Wildman–Crippen LogP) is 0.962. The van der Waals surface area contributed by atoms with Crippen molar-refractivity contribution in [3.05, 3.63) is 9.82 Å². The quantitative estimate of drug-likeness (QED) is 0.512. The van der Waals surface area contributed by atoms with Crippen LogP contribution < -0.4 is 0 Å². The van der Waals surface area contributed by atoms with Crippen LogP contribution in [-0.2, 0) is 0 Å². The van der Waals surface area contributed by atoms with Gasteiger partial charge in [-0.3, -0.25) is 0 Å². The van der Waals surface area contributed by atoms with E-state index in [1.54, 1.807) is 0 Å². The van der Waals surface area contributed by atoms with Crippen molar-refractivity contribution in [2.45, 2.75) is 11.5 Å². The van der Waals surface area contributed by atoms with Crippen LogP contribution >= 0.6 is 0 Å². The number of hydrogen-bond donors (Lipinski definition) is 0. The molecule has 0 saturated heterocycles. The van der Waals surface area contributed by atoms with Crippen molar-refractivity contribution in [3.63, 3.8) is 0 Å². The van der Waals surface area contributed by atoms with Gasteiger partial charge in [0.15, 0.2) is 0 Å². The van der Waals surface area contributed by atoms with E-state index in [2.05, 4.69) is 21.3 Å². The van der Waals surface area contributed by atoms with E-state index in [4.69, 9.17) is 0 Å². The molecule has 1 aliphatic rings. The summed E-state index contributed by atoms with van der Waals surface area (Å²) in [6.07, 6.45) is 0. The molecule has 6 heavy (non-hydrogen) atoms. The molecule has 0 bridgehead atoms. The summed E-state index contributed by atoms with van der Waals surface area (Å²) in [6.45, 7) is 0. The normalized spacial score (nSPS) is 18.3. The first-order chi connectivity index (χ1) is 2.80. The van der Waals surface area contributed by atoms with E-state index < -0.39 is 0 Å². The molecule has 2 heteroatoms. The Bertz CT molecular complexity index is 108. The van der Waals surface area contributed by atoms with Crippen molar-refractivity contribution in [1.29, 1.82) is 0 Å². The Hall–Kier alpha value is 0.826. The molecule has 0 aromatic carbocycles. The summed E-state index contributed by atoms with van der Waals surface area (Å²) in [7, 11) is 0. The zero-order chi connectivity index (χ0) is 4.57. The molecular formula is C4H8Ge2. The second-order valence-electron chi connectivity index (χ2n) is 1.70. The summed E-state index contributed by atoms with van der Waals surface area (Å²) in [6, 6.07) is 0. The van der Waals surface area contributed by atoms with Crippen LogP contribution in [0, 0.1) is 0 Å². The molecule has 0 aromatic rings. The van der Waals surface area contributed by atoms with Crippen LogP contribution in [0.3, 0.4) is 0 Å². The first-order valence-electron chi connectivity index (χ1n) is 2.16. The molecule has 0 nitrogen and oxygen atoms in total. The Morgan fingerprint density at radius 1 is 1.00 bits per heavy atom. The van der Waals surface area contributed by atoms with Crippen LogP contribution in [0.2, 0.25) is 11.5 Å². The van der Waals surface area contributed by atoms with Crippen LogP contribution in [0.5, 0.6) is 0 Å². The van der Waals surface area contributed by atoms with Gasteiger partial charge in [-0.25, -0.2) is 0 Å². The molecule has 0 fully saturated rings. The third-order valence-corrected chi connectivity index (χ3v) is 25.3. The van der Waals surface area contributed by atoms with Crippen LogP contribution in [-0.4, -0.2) is 23.7 Å². The molecule has 0 radical (unpaired) electrons. The van der Waals surface area contributed by atoms with Crippen molar-refractivity contribution in [2.75, 3.05) is 0 Å². The molecule has 1 aliphatic heterocycles. The summed E-state index contributed by atoms with van der Waals surface area (Å²) in [5.74, 6) is 4.96. The Labute approximate surface area is 45.2 Å². The first-order valence-corrected chi connectivity index (χ1v) is 15.3. The van der Waals surface area contributed by atoms with Crippen LogP contribution in [0.25, 0.3) is 0 Å². The maximum absolute atomic E-state index is 2.48. The van der Waals surface area contributed by atoms with E-state index in [1.807, 2.05) is 0 Å². The zero-order valence-electron chi connectivity index (χ0n) is 4.15. The van der Waals surface area contributed by atoms with Gasteiger partial charge in [0.2, 0.25) is 0 Å². The fourth-order valence-corrected chi connectivity index (χ4v) is 11.3. The standard InChI is InChI=1S/C4H8Ge2/c1-5-3-4-6(5)2/h3-4H,1-2H3. The molecule has 0 amide bonds. The third kappa shape index (κ3) is 0.732. The maximum atomic E-state index is 2.48. The Balaban J connectivity index is 2.71. The molecule has 1 rings (SSSR count). The van der Waals surface area contributed by atoms with E-state index in [0.29, 0.717) is 0 Å². The molecular weight excluding hydrogens is 193 g/mol. The number of rotatable bonds is 0. The zero-order valence-corrected chi connectivity index (χ0v) is 8.35. The minimum absolute atomic E-state index is 0.296. The fraction of sp³-hybridized carbons (Fsp3) is 0.500. The molecule has 0 aromatic heterocycles. The van der Waals surface area contributed by atoms with Crippen LogP contribution in [0.4, 0.5) is 0 Å². The summed E-state index contributed by atoms with van der Waals surface area (Å²) in [5.41, 5.74) is 0. The van der Waals surface area contributed by atoms with E-state index in [1.165, 1.54) is 0 Å². The molecule has 0 N–H and O–H groups in total. The Morgan fingerprint density at radius 2 is 1.33 bits per heavy atom. The van der Waals surface area contributed by atoms with Gasteiger partial charge in [0, 0.05) is 0 Å². The van der Waals surface area contributed by atoms with Gasteiger partial charge in [0.1, 0.15) is 0 Å². The minimum atomic E-state index is -0.296. The van der Waals surface area contributed by atoms with Crippen molar-refractivity contribution in [3.8, 4) is 0 Å². The average molecular weight is 201 g/mol. The van der Waals surface area contributed by atoms with Crippen LogP contribution in [0.1, 0.15) is 0 Å². The van der Waals surface area contributed by atoms with Crippen molar-refractivity contribution >= 4 is 23.7 Å². The molecule has 0 aliphatic carbocycles. The van der Waals surface area contributed by atoms with Gasteiger partial charge in [-0.05, 0) is 0 Å². The summed E-state index contributed by atoms with van der Waals surface area (Å²) in [5, 5.41) is 0. The van der Waals surface area contributed by atoms with Gasteiger partial charge in [-0.15, -0.1) is 0 Å². The van der Waals surface area contributed by atoms with Gasteiger partial charge in [-0.1, -0.05) is 0 Å². The molecule has 0 unspecified atom stereocenters. The van der Waals surface area contributed by atoms with Gasteiger partial charge < -0.3 is 0 Å². The number of hydrogen-bond acceptors (Lipinski definition) is 0. The third-order valence-electron chi connectivity index (χ3n) is 1.21. The summed E-state index contributed by atoms with van der Waals surface area (Å²) >= 11 is -0.593. The second kappa shape index (κ2) is 1.74. The molecule has 0 saturated carbocycles. The summed E-state index contributed by atoms with van der Waals surface area (Å²) < 4.78 is 0. The van der Waals surface area contributed by atoms with E-state index in [9.17, 15) is 0 Å². The van der Waals surface area contributed by atoms with Crippen molar-refractivity contribution < 1.29 is 0 Å². The van der Waals surface area contributed by atoms with Crippen LogP contribution in [0.15, 0.2) is 9.82 Å². The van der Waals surface area contributed by atoms with E-state index in [0.717, 1.165) is 0 Å². The second-order valence-corrected chi connectivity index (χ2v) is 26.0. The monoisotopic (exact) mass is 204 g/mol. The molecule has 1 heterocycles. The van der Waals surface area contributed by atoms with Gasteiger partial charge in [0.05, 0.1) is 0 Å². The SMILES string of the molecule is [CH3][Ge]1=[Ge]([CH3])[CH]=[CH]1. The van der Waals surface area contributed by atoms with E-state index >= 15 is 0 Å². The predicted molar refractivity (Wildman–Crippen MR) is 32.4 cm³/mol. The average Bonchev–Trinajstić information content (AvgIpc) is 1.61. The fourth-order valence-electron chi connectivity index (χ4n) is 0.417. The topological polar surface area (TPSA) is 0 Å². The van der Waals surface area contributed by atoms with E-state index in [-0.39, 0.29) is 23.7 Å². The molecule has 0 spiro atoms. The van der Waals surface area contributed by atoms with Gasteiger partial charge in [-0.2, -0.15) is 0 Å². The van der Waals surface area contributed by atoms with Crippen molar-refractivity contribution in [2.24, 2.45) is 0 Å². The molecule has 0 atom stereocenters. The first kappa shape index (κ1) is 4.97. The Kier molecular flexibility index (Phi) is 1.44. The summed E-state index contributed by atoms with van der Waals surface area (Å²) in [4.78, 5) is 4.96.